The van der Waals surface area contributed by atoms with Gasteiger partial charge in [0.05, 0.1) is 24.6 Å². The Morgan fingerprint density at radius 3 is 2.72 bits per heavy atom. The summed E-state index contributed by atoms with van der Waals surface area (Å²) in [6.07, 6.45) is 2.48. The van der Waals surface area contributed by atoms with Crippen LogP contribution in [0, 0.1) is 11.3 Å². The molecule has 0 atom stereocenters. The van der Waals surface area contributed by atoms with Crippen molar-refractivity contribution in [1.82, 2.24) is 34.6 Å². The number of nitrogens with one attached hydrogen (secondary N) is 1. The first-order chi connectivity index (χ1) is 15.4. The second kappa shape index (κ2) is 7.42. The van der Waals surface area contributed by atoms with Crippen molar-refractivity contribution < 1.29 is 13.2 Å². The summed E-state index contributed by atoms with van der Waals surface area (Å²) in [7, 11) is 0. The molecule has 8 nitrogen and oxygen atoms in total. The molecule has 0 spiro atoms. The molecule has 1 aliphatic heterocycles. The number of aromatic amines is 1. The zero-order valence-electron chi connectivity index (χ0n) is 16.7. The second-order valence-corrected chi connectivity index (χ2v) is 7.83. The summed E-state index contributed by atoms with van der Waals surface area (Å²) in [5, 5.41) is 14.7. The van der Waals surface area contributed by atoms with Crippen molar-refractivity contribution in [3.63, 3.8) is 0 Å². The van der Waals surface area contributed by atoms with Crippen molar-refractivity contribution in [2.45, 2.75) is 18.1 Å². The highest BCUT2D eigenvalue weighted by Crippen LogP contribution is 2.36. The smallest absolute Gasteiger partial charge is 0.343 e. The third-order valence-electron chi connectivity index (χ3n) is 5.50. The quantitative estimate of drug-likeness (QED) is 0.513. The number of nitriles is 1. The van der Waals surface area contributed by atoms with Crippen LogP contribution in [0.3, 0.4) is 0 Å². The first-order valence-electron chi connectivity index (χ1n) is 9.85. The van der Waals surface area contributed by atoms with Crippen molar-refractivity contribution in [2.24, 2.45) is 0 Å². The molecule has 5 heterocycles. The summed E-state index contributed by atoms with van der Waals surface area (Å²) in [5.74, 6) is 0.584. The number of fused-ring (bicyclic) bond motifs is 1. The van der Waals surface area contributed by atoms with Crippen LogP contribution in [0.25, 0.3) is 33.8 Å². The van der Waals surface area contributed by atoms with Crippen LogP contribution in [0.4, 0.5) is 13.2 Å². The van der Waals surface area contributed by atoms with E-state index in [-0.39, 0.29) is 19.5 Å². The fourth-order valence-corrected chi connectivity index (χ4v) is 4.15. The standard InChI is InChI=1S/C21H17F3N8/c22-21(23,24)13-31-11-20(12-31,4-5-25)32-9-3-15(30-32)18-14-2-1-6-26-16(14)10-17(29-18)19-27-7-8-28-19/h1-3,6-10H,4,11-13H2,(H,27,28). The van der Waals surface area contributed by atoms with Crippen molar-refractivity contribution >= 4 is 10.9 Å². The maximum Gasteiger partial charge on any atom is 0.401 e. The van der Waals surface area contributed by atoms with Gasteiger partial charge in [-0.3, -0.25) is 14.6 Å². The number of H-pyrrole nitrogens is 1. The van der Waals surface area contributed by atoms with Crippen LogP contribution < -0.4 is 0 Å². The molecule has 1 aliphatic rings. The number of hydrogen-bond acceptors (Lipinski definition) is 6. The van der Waals surface area contributed by atoms with E-state index in [0.717, 1.165) is 5.39 Å². The first kappa shape index (κ1) is 20.1. The zero-order chi connectivity index (χ0) is 22.3. The van der Waals surface area contributed by atoms with Crippen LogP contribution in [-0.2, 0) is 5.54 Å². The molecule has 0 saturated carbocycles. The Hall–Kier alpha value is -3.78. The Bertz CT molecular complexity index is 1300. The molecule has 4 aromatic rings. The molecule has 11 heteroatoms. The number of nitrogens with zero attached hydrogens (tertiary/aromatic N) is 7. The summed E-state index contributed by atoms with van der Waals surface area (Å²) >= 11 is 0. The van der Waals surface area contributed by atoms with E-state index in [4.69, 9.17) is 4.98 Å². The lowest BCUT2D eigenvalue weighted by atomic mass is 9.87. The molecule has 4 aromatic heterocycles. The van der Waals surface area contributed by atoms with Gasteiger partial charge in [-0.15, -0.1) is 0 Å². The maximum atomic E-state index is 12.7. The summed E-state index contributed by atoms with van der Waals surface area (Å²) in [5.41, 5.74) is 1.63. The van der Waals surface area contributed by atoms with E-state index in [9.17, 15) is 18.4 Å². The normalized spacial score (nSPS) is 16.1. The van der Waals surface area contributed by atoms with Crippen molar-refractivity contribution in [3.8, 4) is 29.0 Å². The molecule has 0 amide bonds. The summed E-state index contributed by atoms with van der Waals surface area (Å²) < 4.78 is 39.8. The van der Waals surface area contributed by atoms with Crippen molar-refractivity contribution in [1.29, 1.82) is 5.26 Å². The van der Waals surface area contributed by atoms with E-state index in [1.807, 2.05) is 12.1 Å². The number of halogens is 3. The van der Waals surface area contributed by atoms with Crippen molar-refractivity contribution in [2.75, 3.05) is 19.6 Å². The van der Waals surface area contributed by atoms with Crippen molar-refractivity contribution in [3.05, 3.63) is 49.1 Å². The van der Waals surface area contributed by atoms with Gasteiger partial charge in [0.25, 0.3) is 0 Å². The van der Waals surface area contributed by atoms with Gasteiger partial charge in [0.2, 0.25) is 0 Å². The Labute approximate surface area is 180 Å². The number of aromatic nitrogens is 6. The number of likely N-dealkylation sites (tertiary alicyclic amines) is 1. The highest BCUT2D eigenvalue weighted by molar-refractivity contribution is 5.93. The van der Waals surface area contributed by atoms with E-state index in [0.29, 0.717) is 28.4 Å². The van der Waals surface area contributed by atoms with Gasteiger partial charge in [-0.05, 0) is 24.3 Å². The molecule has 1 fully saturated rings. The fraction of sp³-hybridized carbons (Fsp3) is 0.286. The Morgan fingerprint density at radius 2 is 2.00 bits per heavy atom. The molecule has 0 bridgehead atoms. The van der Waals surface area contributed by atoms with Gasteiger partial charge in [0.15, 0.2) is 5.82 Å². The van der Waals surface area contributed by atoms with Crippen LogP contribution in [0.5, 0.6) is 0 Å². The molecular weight excluding hydrogens is 421 g/mol. The van der Waals surface area contributed by atoms with E-state index in [1.54, 1.807) is 41.6 Å². The first-order valence-corrected chi connectivity index (χ1v) is 9.85. The molecular formula is C21H17F3N8. The van der Waals surface area contributed by atoms with Gasteiger partial charge in [0.1, 0.15) is 22.6 Å². The Kier molecular flexibility index (Phi) is 4.67. The van der Waals surface area contributed by atoms with Crippen LogP contribution in [-0.4, -0.2) is 60.4 Å². The minimum atomic E-state index is -4.28. The van der Waals surface area contributed by atoms with Gasteiger partial charge >= 0.3 is 6.18 Å². The van der Waals surface area contributed by atoms with E-state index in [2.05, 4.69) is 26.1 Å². The topological polar surface area (TPSA) is 99.3 Å². The Balaban J connectivity index is 1.53. The molecule has 32 heavy (non-hydrogen) atoms. The lowest BCUT2D eigenvalue weighted by Crippen LogP contribution is -2.64. The third-order valence-corrected chi connectivity index (χ3v) is 5.50. The van der Waals surface area contributed by atoms with E-state index < -0.39 is 18.3 Å². The highest BCUT2D eigenvalue weighted by atomic mass is 19.4. The van der Waals surface area contributed by atoms with Crippen LogP contribution >= 0.6 is 0 Å². The van der Waals surface area contributed by atoms with Gasteiger partial charge in [-0.1, -0.05) is 0 Å². The number of rotatable bonds is 5. The third kappa shape index (κ3) is 3.58. The van der Waals surface area contributed by atoms with Gasteiger partial charge in [-0.2, -0.15) is 23.5 Å². The molecule has 0 aliphatic carbocycles. The van der Waals surface area contributed by atoms with Crippen LogP contribution in [0.15, 0.2) is 49.1 Å². The van der Waals surface area contributed by atoms with E-state index >= 15 is 0 Å². The minimum Gasteiger partial charge on any atom is -0.343 e. The van der Waals surface area contributed by atoms with Gasteiger partial charge in [-0.25, -0.2) is 9.97 Å². The number of hydrogen-bond donors (Lipinski definition) is 1. The molecule has 1 N–H and O–H groups in total. The molecule has 0 radical (unpaired) electrons. The second-order valence-electron chi connectivity index (χ2n) is 7.83. The molecule has 162 valence electrons. The lowest BCUT2D eigenvalue weighted by Gasteiger charge is -2.49. The zero-order valence-corrected chi connectivity index (χ0v) is 16.7. The van der Waals surface area contributed by atoms with Crippen LogP contribution in [0.1, 0.15) is 6.42 Å². The SMILES string of the molecule is N#CCC1(n2ccc(-c3nc(-c4ncc[nH]4)cc4ncccc34)n2)CN(CC(F)(F)F)C1. The number of imidazole rings is 1. The molecule has 0 aromatic carbocycles. The number of pyridine rings is 2. The summed E-state index contributed by atoms with van der Waals surface area (Å²) in [6, 6.07) is 9.36. The maximum absolute atomic E-state index is 12.7. The summed E-state index contributed by atoms with van der Waals surface area (Å²) in [6.45, 7) is -0.802. The molecule has 1 saturated heterocycles. The number of alkyl halides is 3. The van der Waals surface area contributed by atoms with Gasteiger partial charge in [0, 0.05) is 43.3 Å². The largest absolute Gasteiger partial charge is 0.401 e. The minimum absolute atomic E-state index is 0.0602. The van der Waals surface area contributed by atoms with E-state index in [1.165, 1.54) is 4.90 Å². The average Bonchev–Trinajstić information content (AvgIpc) is 3.43. The Morgan fingerprint density at radius 1 is 1.16 bits per heavy atom. The predicted octanol–water partition coefficient (Wildman–Crippen LogP) is 3.37. The average molecular weight is 438 g/mol. The fourth-order valence-electron chi connectivity index (χ4n) is 4.15. The molecule has 0 unspecified atom stereocenters. The van der Waals surface area contributed by atoms with Gasteiger partial charge < -0.3 is 4.98 Å². The molecule has 5 rings (SSSR count). The summed E-state index contributed by atoms with van der Waals surface area (Å²) in [4.78, 5) is 17.7. The monoisotopic (exact) mass is 438 g/mol. The van der Waals surface area contributed by atoms with Crippen LogP contribution in [0.2, 0.25) is 0 Å². The lowest BCUT2D eigenvalue weighted by molar-refractivity contribution is -0.167. The highest BCUT2D eigenvalue weighted by Gasteiger charge is 2.48. The predicted molar refractivity (Wildman–Crippen MR) is 109 cm³/mol.